The van der Waals surface area contributed by atoms with Crippen molar-refractivity contribution in [2.45, 2.75) is 75.3 Å². The van der Waals surface area contributed by atoms with Gasteiger partial charge in [0.2, 0.25) is 0 Å². The predicted octanol–water partition coefficient (Wildman–Crippen LogP) is 1.42. The van der Waals surface area contributed by atoms with Crippen LogP contribution in [-0.2, 0) is 33.2 Å². The van der Waals surface area contributed by atoms with Crippen molar-refractivity contribution in [1.29, 1.82) is 0 Å². The number of hydrogen-bond acceptors (Lipinski definition) is 7. The molecular weight excluding hydrogens is 340 g/mol. The van der Waals surface area contributed by atoms with Crippen molar-refractivity contribution in [2.75, 3.05) is 26.4 Å². The maximum Gasteiger partial charge on any atom is 0.332 e. The smallest absolute Gasteiger partial charge is 0.332 e. The van der Waals surface area contributed by atoms with E-state index in [2.05, 4.69) is 0 Å². The third-order valence-corrected chi connectivity index (χ3v) is 6.32. The molecule has 8 unspecified atom stereocenters. The monoisotopic (exact) mass is 368 g/mol. The van der Waals surface area contributed by atoms with E-state index in [0.29, 0.717) is 49.5 Å². The molecule has 7 heteroatoms. The van der Waals surface area contributed by atoms with Crippen molar-refractivity contribution in [3.8, 4) is 0 Å². The van der Waals surface area contributed by atoms with Gasteiger partial charge in [0.1, 0.15) is 19.3 Å². The zero-order valence-corrected chi connectivity index (χ0v) is 15.0. The van der Waals surface area contributed by atoms with Gasteiger partial charge in [-0.25, -0.2) is 4.79 Å². The molecule has 5 fully saturated rings. The Bertz CT molecular complexity index is 526. The number of carbonyl (C=O) groups excluding carboxylic acids is 1. The Morgan fingerprint density at radius 1 is 0.885 bits per heavy atom. The lowest BCUT2D eigenvalue weighted by Crippen LogP contribution is -2.29. The number of ether oxygens (including phenoxy) is 6. The van der Waals surface area contributed by atoms with Crippen molar-refractivity contribution in [1.82, 2.24) is 0 Å². The molecule has 0 bridgehead atoms. The van der Waals surface area contributed by atoms with Gasteiger partial charge in [-0.3, -0.25) is 0 Å². The lowest BCUT2D eigenvalue weighted by atomic mass is 9.89. The second-order valence-corrected chi connectivity index (χ2v) is 8.34. The first kappa shape index (κ1) is 17.4. The first-order chi connectivity index (χ1) is 12.7. The quantitative estimate of drug-likeness (QED) is 0.497. The van der Waals surface area contributed by atoms with Crippen LogP contribution in [0.1, 0.15) is 38.5 Å². The molecule has 3 heterocycles. The standard InChI is InChI=1S/C19H28O7/c20-18(10-21-7-11-1-3-14-16(5-11)25-14)22-8-13-9-23-19(24-13)12-2-4-15-17(6-12)26-15/h11-17,19H,1-10H2. The Balaban J connectivity index is 0.951. The van der Waals surface area contributed by atoms with E-state index < -0.39 is 0 Å². The molecule has 2 saturated carbocycles. The summed E-state index contributed by atoms with van der Waals surface area (Å²) < 4.78 is 33.6. The average molecular weight is 368 g/mol. The number of fused-ring (bicyclic) bond motifs is 2. The summed E-state index contributed by atoms with van der Waals surface area (Å²) in [6.45, 7) is 1.33. The number of epoxide rings is 2. The molecule has 0 aromatic carbocycles. The number of carbonyl (C=O) groups is 1. The molecule has 5 rings (SSSR count). The van der Waals surface area contributed by atoms with E-state index in [9.17, 15) is 4.79 Å². The molecule has 0 aromatic heterocycles. The molecule has 0 amide bonds. The third kappa shape index (κ3) is 4.07. The van der Waals surface area contributed by atoms with E-state index in [1.807, 2.05) is 0 Å². The summed E-state index contributed by atoms with van der Waals surface area (Å²) in [7, 11) is 0. The second kappa shape index (κ2) is 7.36. The zero-order chi connectivity index (χ0) is 17.5. The SMILES string of the molecule is O=C(COCC1CCC2OC2C1)OCC1COC(C2CCC3OC3C2)O1. The normalized spacial score (nSPS) is 46.3. The van der Waals surface area contributed by atoms with Gasteiger partial charge in [0, 0.05) is 5.92 Å². The minimum atomic E-state index is -0.333. The fraction of sp³-hybridized carbons (Fsp3) is 0.947. The zero-order valence-electron chi connectivity index (χ0n) is 15.0. The highest BCUT2D eigenvalue weighted by Gasteiger charge is 2.47. The largest absolute Gasteiger partial charge is 0.461 e. The molecular formula is C19H28O7. The summed E-state index contributed by atoms with van der Waals surface area (Å²) >= 11 is 0. The van der Waals surface area contributed by atoms with Crippen LogP contribution in [0.5, 0.6) is 0 Å². The molecule has 2 aliphatic carbocycles. The van der Waals surface area contributed by atoms with Crippen molar-refractivity contribution >= 4 is 5.97 Å². The van der Waals surface area contributed by atoms with E-state index in [-0.39, 0.29) is 31.6 Å². The lowest BCUT2D eigenvalue weighted by molar-refractivity contribution is -0.155. The van der Waals surface area contributed by atoms with Gasteiger partial charge in [-0.2, -0.15) is 0 Å². The summed E-state index contributed by atoms with van der Waals surface area (Å²) in [5.41, 5.74) is 0. The fourth-order valence-electron chi connectivity index (χ4n) is 4.66. The highest BCUT2D eigenvalue weighted by molar-refractivity contribution is 5.70. The summed E-state index contributed by atoms with van der Waals surface area (Å²) in [4.78, 5) is 11.9. The van der Waals surface area contributed by atoms with E-state index >= 15 is 0 Å². The van der Waals surface area contributed by atoms with Crippen LogP contribution >= 0.6 is 0 Å². The van der Waals surface area contributed by atoms with E-state index in [1.165, 1.54) is 0 Å². The van der Waals surface area contributed by atoms with Crippen molar-refractivity contribution in [2.24, 2.45) is 11.8 Å². The van der Waals surface area contributed by atoms with Gasteiger partial charge in [-0.1, -0.05) is 0 Å². The third-order valence-electron chi connectivity index (χ3n) is 6.32. The first-order valence-electron chi connectivity index (χ1n) is 10.1. The van der Waals surface area contributed by atoms with E-state index in [0.717, 1.165) is 38.5 Å². The molecule has 26 heavy (non-hydrogen) atoms. The van der Waals surface area contributed by atoms with Crippen LogP contribution in [0.2, 0.25) is 0 Å². The summed E-state index contributed by atoms with van der Waals surface area (Å²) in [5, 5.41) is 0. The molecule has 3 aliphatic heterocycles. The number of esters is 1. The van der Waals surface area contributed by atoms with E-state index in [4.69, 9.17) is 28.4 Å². The van der Waals surface area contributed by atoms with Gasteiger partial charge in [-0.15, -0.1) is 0 Å². The molecule has 8 atom stereocenters. The van der Waals surface area contributed by atoms with Gasteiger partial charge in [0.05, 0.1) is 37.6 Å². The van der Waals surface area contributed by atoms with Gasteiger partial charge < -0.3 is 28.4 Å². The Morgan fingerprint density at radius 3 is 2.50 bits per heavy atom. The van der Waals surface area contributed by atoms with Crippen molar-refractivity contribution < 1.29 is 33.2 Å². The minimum Gasteiger partial charge on any atom is -0.461 e. The first-order valence-corrected chi connectivity index (χ1v) is 10.1. The molecule has 7 nitrogen and oxygen atoms in total. The maximum atomic E-state index is 11.9. The molecule has 0 aromatic rings. The second-order valence-electron chi connectivity index (χ2n) is 8.34. The fourth-order valence-corrected chi connectivity index (χ4v) is 4.66. The Kier molecular flexibility index (Phi) is 4.92. The van der Waals surface area contributed by atoms with Gasteiger partial charge in [-0.05, 0) is 44.4 Å². The van der Waals surface area contributed by atoms with Crippen LogP contribution < -0.4 is 0 Å². The van der Waals surface area contributed by atoms with Gasteiger partial charge >= 0.3 is 5.97 Å². The molecule has 0 spiro atoms. The molecule has 5 aliphatic rings. The molecule has 146 valence electrons. The van der Waals surface area contributed by atoms with E-state index in [1.54, 1.807) is 0 Å². The molecule has 3 saturated heterocycles. The van der Waals surface area contributed by atoms with Gasteiger partial charge in [0.15, 0.2) is 6.29 Å². The summed E-state index contributed by atoms with van der Waals surface area (Å²) in [5.74, 6) is 0.568. The van der Waals surface area contributed by atoms with Crippen molar-refractivity contribution in [3.63, 3.8) is 0 Å². The Labute approximate surface area is 153 Å². The molecule has 0 N–H and O–H groups in total. The van der Waals surface area contributed by atoms with Crippen LogP contribution in [-0.4, -0.2) is 69.2 Å². The summed E-state index contributed by atoms with van der Waals surface area (Å²) in [6.07, 6.45) is 7.99. The topological polar surface area (TPSA) is 79.1 Å². The van der Waals surface area contributed by atoms with Gasteiger partial charge in [0.25, 0.3) is 0 Å². The minimum absolute atomic E-state index is 0.00545. The average Bonchev–Trinajstić information content (AvgIpc) is 3.55. The summed E-state index contributed by atoms with van der Waals surface area (Å²) in [6, 6.07) is 0. The highest BCUT2D eigenvalue weighted by atomic mass is 16.7. The number of hydrogen-bond donors (Lipinski definition) is 0. The Hall–Kier alpha value is -0.730. The number of rotatable bonds is 7. The van der Waals surface area contributed by atoms with Crippen molar-refractivity contribution in [3.05, 3.63) is 0 Å². The molecule has 0 radical (unpaired) electrons. The Morgan fingerprint density at radius 2 is 1.69 bits per heavy atom. The predicted molar refractivity (Wildman–Crippen MR) is 88.4 cm³/mol. The lowest BCUT2D eigenvalue weighted by Gasteiger charge is -2.24. The van der Waals surface area contributed by atoms with Crippen LogP contribution in [0.15, 0.2) is 0 Å². The van der Waals surface area contributed by atoms with Crippen LogP contribution in [0.3, 0.4) is 0 Å². The maximum absolute atomic E-state index is 11.9. The highest BCUT2D eigenvalue weighted by Crippen LogP contribution is 2.42. The van der Waals surface area contributed by atoms with Crippen LogP contribution in [0, 0.1) is 11.8 Å². The van der Waals surface area contributed by atoms with Crippen LogP contribution in [0.25, 0.3) is 0 Å². The van der Waals surface area contributed by atoms with Crippen LogP contribution in [0.4, 0.5) is 0 Å².